The second-order valence-electron chi connectivity index (χ2n) is 10.7. The lowest BCUT2D eigenvalue weighted by molar-refractivity contribution is -0.418. The molecule has 3 aliphatic heterocycles. The van der Waals surface area contributed by atoms with Crippen molar-refractivity contribution in [1.29, 1.82) is 0 Å². The number of hydrogen-bond donors (Lipinski definition) is 1. The maximum absolute atomic E-state index is 12.7. The van der Waals surface area contributed by atoms with Crippen molar-refractivity contribution in [3.63, 3.8) is 0 Å². The summed E-state index contributed by atoms with van der Waals surface area (Å²) in [5, 5.41) is 13.6. The molecule has 0 aromatic heterocycles. The molecular weight excluding hydrogens is 494 g/mol. The molecule has 2 atom stereocenters. The number of carbonyl (C=O) groups excluding carboxylic acids is 2. The Hall–Kier alpha value is -2.76. The van der Waals surface area contributed by atoms with Gasteiger partial charge in [0.2, 0.25) is 0 Å². The first kappa shape index (κ1) is 29.8. The number of esters is 1. The third-order valence-corrected chi connectivity index (χ3v) is 7.85. The monoisotopic (exact) mass is 535 g/mol. The van der Waals surface area contributed by atoms with Gasteiger partial charge in [-0.15, -0.1) is 0 Å². The van der Waals surface area contributed by atoms with Gasteiger partial charge in [-0.3, -0.25) is 14.9 Å². The second kappa shape index (κ2) is 13.9. The van der Waals surface area contributed by atoms with E-state index in [1.54, 1.807) is 0 Å². The highest BCUT2D eigenvalue weighted by Gasteiger charge is 2.42. The molecule has 0 unspecified atom stereocenters. The molecule has 1 amide bonds. The molecule has 38 heavy (non-hydrogen) atoms. The number of alkyl carbamates (subject to hydrolysis) is 1. The predicted octanol–water partition coefficient (Wildman–Crippen LogP) is 3.23. The van der Waals surface area contributed by atoms with Crippen LogP contribution >= 0.6 is 0 Å². The molecule has 1 aliphatic carbocycles. The van der Waals surface area contributed by atoms with Gasteiger partial charge in [0, 0.05) is 18.0 Å². The van der Waals surface area contributed by atoms with E-state index in [2.05, 4.69) is 23.4 Å². The van der Waals surface area contributed by atoms with Crippen molar-refractivity contribution < 1.29 is 33.5 Å². The molecule has 11 heteroatoms. The van der Waals surface area contributed by atoms with Crippen LogP contribution < -0.4 is 5.32 Å². The normalized spacial score (nSPS) is 25.5. The molecule has 0 radical (unpaired) electrons. The number of ether oxygens (including phenoxy) is 4. The number of piperidine rings is 1. The fourth-order valence-electron chi connectivity index (χ4n) is 5.20. The molecular formula is C27H41N3O8. The van der Waals surface area contributed by atoms with E-state index in [0.717, 1.165) is 25.7 Å². The number of fused-ring (bicyclic) bond motifs is 3. The highest BCUT2D eigenvalue weighted by Crippen LogP contribution is 2.43. The summed E-state index contributed by atoms with van der Waals surface area (Å²) < 4.78 is 22.5. The molecule has 0 aromatic rings. The van der Waals surface area contributed by atoms with Gasteiger partial charge in [-0.1, -0.05) is 6.58 Å². The predicted molar refractivity (Wildman–Crippen MR) is 140 cm³/mol. The minimum atomic E-state index is -0.628. The van der Waals surface area contributed by atoms with Gasteiger partial charge in [-0.25, -0.2) is 4.79 Å². The Balaban J connectivity index is 1.55. The lowest BCUT2D eigenvalue weighted by atomic mass is 9.72. The van der Waals surface area contributed by atoms with Gasteiger partial charge < -0.3 is 29.2 Å². The molecule has 4 rings (SSSR count). The number of nitrogens with zero attached hydrogens (tertiary/aromatic N) is 2. The smallest absolute Gasteiger partial charge is 0.407 e. The molecule has 3 saturated heterocycles. The summed E-state index contributed by atoms with van der Waals surface area (Å²) in [4.78, 5) is 36.9. The van der Waals surface area contributed by atoms with Crippen molar-refractivity contribution in [1.82, 2.24) is 10.2 Å². The number of nitro groups is 1. The summed E-state index contributed by atoms with van der Waals surface area (Å²) in [6.07, 6.45) is 7.77. The number of rotatable bonds is 13. The molecule has 4 aliphatic rings. The number of amides is 1. The first-order valence-electron chi connectivity index (χ1n) is 13.3. The van der Waals surface area contributed by atoms with E-state index in [9.17, 15) is 19.7 Å². The number of nitrogens with one attached hydrogen (secondary N) is 1. The average molecular weight is 536 g/mol. The highest BCUT2D eigenvalue weighted by molar-refractivity contribution is 5.72. The van der Waals surface area contributed by atoms with Crippen LogP contribution in [-0.2, 0) is 23.7 Å². The van der Waals surface area contributed by atoms with Crippen molar-refractivity contribution in [2.24, 2.45) is 11.3 Å². The van der Waals surface area contributed by atoms with Gasteiger partial charge in [-0.05, 0) is 76.8 Å². The van der Waals surface area contributed by atoms with Crippen molar-refractivity contribution in [3.05, 3.63) is 46.7 Å². The van der Waals surface area contributed by atoms with E-state index in [0.29, 0.717) is 57.4 Å². The fourth-order valence-corrected chi connectivity index (χ4v) is 5.20. The number of hydrogen-bond acceptors (Lipinski definition) is 9. The standard InChI is InChI=1S/C27H41N3O8/c1-19(5-6-20(2)30(33)34)16-36-26(32)28-24(15-29-13-9-22(10-14-29)25(31)35-4)21(3)37-17-27-11-7-23(8-12-27)38-18-27/h5-6,21-24H,1-2,7-18H2,3-4H3,(H,28,32)/b6-5-/t21-,23?,24-,27?/m1/s1. The summed E-state index contributed by atoms with van der Waals surface area (Å²) in [7, 11) is 1.41. The Morgan fingerprint density at radius 1 is 1.21 bits per heavy atom. The van der Waals surface area contributed by atoms with Gasteiger partial charge in [0.05, 0.1) is 49.4 Å². The van der Waals surface area contributed by atoms with Gasteiger partial charge in [0.25, 0.3) is 5.70 Å². The van der Waals surface area contributed by atoms with E-state index in [4.69, 9.17) is 18.9 Å². The molecule has 11 nitrogen and oxygen atoms in total. The van der Waals surface area contributed by atoms with E-state index >= 15 is 0 Å². The Labute approximate surface area is 224 Å². The second-order valence-corrected chi connectivity index (χ2v) is 10.7. The minimum Gasteiger partial charge on any atom is -0.469 e. The van der Waals surface area contributed by atoms with Crippen LogP contribution in [0.3, 0.4) is 0 Å². The molecule has 1 N–H and O–H groups in total. The Bertz CT molecular complexity index is 890. The highest BCUT2D eigenvalue weighted by atomic mass is 16.6. The van der Waals surface area contributed by atoms with Crippen LogP contribution in [0, 0.1) is 21.4 Å². The van der Waals surface area contributed by atoms with Crippen molar-refractivity contribution in [3.8, 4) is 0 Å². The minimum absolute atomic E-state index is 0.0325. The molecule has 2 bridgehead atoms. The molecule has 0 aromatic carbocycles. The zero-order valence-electron chi connectivity index (χ0n) is 22.5. The van der Waals surface area contributed by atoms with Crippen LogP contribution in [-0.4, -0.2) is 86.7 Å². The van der Waals surface area contributed by atoms with Crippen LogP contribution in [0.2, 0.25) is 0 Å². The largest absolute Gasteiger partial charge is 0.469 e. The quantitative estimate of drug-likeness (QED) is 0.163. The maximum atomic E-state index is 12.7. The molecule has 4 fully saturated rings. The molecule has 3 heterocycles. The third-order valence-electron chi connectivity index (χ3n) is 7.85. The number of methoxy groups -OCH3 is 1. The SMILES string of the molecule is C=C(/C=C\C(=C)[N+](=O)[O-])COC(=O)N[C@H](CN1CCC(C(=O)OC)CC1)[C@@H](C)OCC12CCC(CC1)OC2. The Morgan fingerprint density at radius 3 is 2.47 bits per heavy atom. The van der Waals surface area contributed by atoms with Gasteiger partial charge in [0.15, 0.2) is 0 Å². The zero-order chi connectivity index (χ0) is 27.7. The first-order valence-corrected chi connectivity index (χ1v) is 13.3. The van der Waals surface area contributed by atoms with Crippen LogP contribution in [0.15, 0.2) is 36.6 Å². The Morgan fingerprint density at radius 2 is 1.89 bits per heavy atom. The molecule has 0 spiro atoms. The zero-order valence-corrected chi connectivity index (χ0v) is 22.5. The third kappa shape index (κ3) is 8.64. The summed E-state index contributed by atoms with van der Waals surface area (Å²) in [6, 6.07) is -0.354. The number of allylic oxidation sites excluding steroid dienone is 1. The summed E-state index contributed by atoms with van der Waals surface area (Å²) in [5.41, 5.74) is 0.139. The van der Waals surface area contributed by atoms with Crippen LogP contribution in [0.5, 0.6) is 0 Å². The van der Waals surface area contributed by atoms with E-state index in [1.165, 1.54) is 19.3 Å². The summed E-state index contributed by atoms with van der Waals surface area (Å²) in [5.74, 6) is -0.286. The first-order chi connectivity index (χ1) is 18.1. The maximum Gasteiger partial charge on any atom is 0.407 e. The van der Waals surface area contributed by atoms with Gasteiger partial charge >= 0.3 is 12.1 Å². The lowest BCUT2D eigenvalue weighted by Gasteiger charge is -2.46. The summed E-state index contributed by atoms with van der Waals surface area (Å²) in [6.45, 7) is 12.1. The summed E-state index contributed by atoms with van der Waals surface area (Å²) >= 11 is 0. The lowest BCUT2D eigenvalue weighted by Crippen LogP contribution is -2.53. The van der Waals surface area contributed by atoms with Crippen LogP contribution in [0.1, 0.15) is 45.4 Å². The van der Waals surface area contributed by atoms with Crippen molar-refractivity contribution >= 4 is 12.1 Å². The van der Waals surface area contributed by atoms with Crippen LogP contribution in [0.25, 0.3) is 0 Å². The van der Waals surface area contributed by atoms with E-state index in [1.807, 2.05) is 6.92 Å². The number of carbonyl (C=O) groups is 2. The molecule has 212 valence electrons. The Kier molecular flexibility index (Phi) is 10.9. The van der Waals surface area contributed by atoms with Crippen molar-refractivity contribution in [2.75, 3.05) is 46.6 Å². The van der Waals surface area contributed by atoms with E-state index in [-0.39, 0.29) is 41.8 Å². The van der Waals surface area contributed by atoms with E-state index < -0.39 is 11.0 Å². The van der Waals surface area contributed by atoms with Crippen molar-refractivity contribution in [2.45, 2.75) is 63.7 Å². The molecule has 1 saturated carbocycles. The fraction of sp³-hybridized carbons (Fsp3) is 0.704. The number of likely N-dealkylation sites (tertiary alicyclic amines) is 1. The topological polar surface area (TPSA) is 129 Å². The van der Waals surface area contributed by atoms with Crippen LogP contribution in [0.4, 0.5) is 4.79 Å². The van der Waals surface area contributed by atoms with Gasteiger partial charge in [-0.2, -0.15) is 0 Å². The van der Waals surface area contributed by atoms with Gasteiger partial charge in [0.1, 0.15) is 6.61 Å². The average Bonchev–Trinajstić information content (AvgIpc) is 2.94.